The summed E-state index contributed by atoms with van der Waals surface area (Å²) in [5, 5.41) is 9.15. The monoisotopic (exact) mass is 281 g/mol. The molecule has 0 atom stereocenters. The molecule has 0 aliphatic carbocycles. The number of hydrogen-bond donors (Lipinski definition) is 2. The number of hydrogen-bond acceptors (Lipinski definition) is 3. The van der Waals surface area contributed by atoms with Gasteiger partial charge in [-0.1, -0.05) is 11.6 Å². The van der Waals surface area contributed by atoms with E-state index in [9.17, 15) is 9.18 Å². The Hall–Kier alpha value is -2.27. The van der Waals surface area contributed by atoms with Crippen molar-refractivity contribution in [2.24, 2.45) is 0 Å². The lowest BCUT2D eigenvalue weighted by atomic mass is 10.2. The molecule has 19 heavy (non-hydrogen) atoms. The molecule has 0 bridgehead atoms. The number of ether oxygens (including phenoxy) is 1. The van der Waals surface area contributed by atoms with Crippen molar-refractivity contribution in [3.8, 4) is 11.5 Å². The number of nitrogens with two attached hydrogens (primary N) is 1. The van der Waals surface area contributed by atoms with Crippen LogP contribution in [0.4, 0.5) is 10.1 Å². The highest BCUT2D eigenvalue weighted by Gasteiger charge is 2.17. The van der Waals surface area contributed by atoms with Crippen LogP contribution in [0.15, 0.2) is 36.4 Å². The Balaban J connectivity index is 2.44. The molecular formula is C13H9ClFNO3. The third-order valence-corrected chi connectivity index (χ3v) is 2.61. The van der Waals surface area contributed by atoms with Gasteiger partial charge in [0.25, 0.3) is 0 Å². The molecule has 4 nitrogen and oxygen atoms in total. The van der Waals surface area contributed by atoms with Gasteiger partial charge in [-0.2, -0.15) is 0 Å². The Labute approximate surface area is 113 Å². The molecule has 0 saturated carbocycles. The summed E-state index contributed by atoms with van der Waals surface area (Å²) < 4.78 is 18.1. The van der Waals surface area contributed by atoms with Crippen molar-refractivity contribution in [2.75, 3.05) is 5.73 Å². The number of nitrogen functional groups attached to an aromatic ring is 1. The van der Waals surface area contributed by atoms with Crippen molar-refractivity contribution >= 4 is 23.3 Å². The fourth-order valence-corrected chi connectivity index (χ4v) is 1.76. The van der Waals surface area contributed by atoms with Crippen molar-refractivity contribution in [1.82, 2.24) is 0 Å². The molecule has 2 rings (SSSR count). The molecule has 0 saturated heterocycles. The molecule has 0 aliphatic heterocycles. The first kappa shape index (κ1) is 13.2. The first-order chi connectivity index (χ1) is 8.97. The van der Waals surface area contributed by atoms with Crippen molar-refractivity contribution in [2.45, 2.75) is 0 Å². The zero-order valence-electron chi connectivity index (χ0n) is 9.56. The molecule has 2 aromatic rings. The van der Waals surface area contributed by atoms with Crippen LogP contribution in [0, 0.1) is 5.82 Å². The summed E-state index contributed by atoms with van der Waals surface area (Å²) in [6.45, 7) is 0. The lowest BCUT2D eigenvalue weighted by Gasteiger charge is -2.11. The zero-order chi connectivity index (χ0) is 14.0. The third-order valence-electron chi connectivity index (χ3n) is 2.33. The third kappa shape index (κ3) is 2.95. The highest BCUT2D eigenvalue weighted by molar-refractivity contribution is 6.33. The van der Waals surface area contributed by atoms with Crippen LogP contribution in [-0.4, -0.2) is 11.1 Å². The van der Waals surface area contributed by atoms with E-state index in [4.69, 9.17) is 27.2 Å². The number of aromatic carboxylic acids is 1. The molecule has 6 heteroatoms. The van der Waals surface area contributed by atoms with Gasteiger partial charge in [-0.25, -0.2) is 9.18 Å². The predicted octanol–water partition coefficient (Wildman–Crippen LogP) is 3.55. The van der Waals surface area contributed by atoms with Crippen LogP contribution in [0.1, 0.15) is 10.4 Å². The maximum absolute atomic E-state index is 12.8. The molecule has 0 spiro atoms. The van der Waals surface area contributed by atoms with Crippen molar-refractivity contribution in [1.29, 1.82) is 0 Å². The maximum atomic E-state index is 12.8. The summed E-state index contributed by atoms with van der Waals surface area (Å²) in [4.78, 5) is 11.1. The van der Waals surface area contributed by atoms with Gasteiger partial charge in [0.15, 0.2) is 5.75 Å². The second-order valence-corrected chi connectivity index (χ2v) is 4.15. The van der Waals surface area contributed by atoms with Gasteiger partial charge in [0.2, 0.25) is 0 Å². The minimum absolute atomic E-state index is 0.0324. The summed E-state index contributed by atoms with van der Waals surface area (Å²) in [6.07, 6.45) is 0. The Kier molecular flexibility index (Phi) is 3.57. The van der Waals surface area contributed by atoms with E-state index in [-0.39, 0.29) is 27.8 Å². The Morgan fingerprint density at radius 1 is 1.26 bits per heavy atom. The van der Waals surface area contributed by atoms with Gasteiger partial charge in [-0.3, -0.25) is 0 Å². The minimum atomic E-state index is -1.22. The predicted molar refractivity (Wildman–Crippen MR) is 69.3 cm³/mol. The number of benzene rings is 2. The van der Waals surface area contributed by atoms with Crippen molar-refractivity contribution < 1.29 is 19.0 Å². The topological polar surface area (TPSA) is 72.5 Å². The maximum Gasteiger partial charge on any atom is 0.339 e. The fourth-order valence-electron chi connectivity index (χ4n) is 1.50. The van der Waals surface area contributed by atoms with E-state index < -0.39 is 11.8 Å². The Morgan fingerprint density at radius 3 is 2.47 bits per heavy atom. The Morgan fingerprint density at radius 2 is 1.89 bits per heavy atom. The van der Waals surface area contributed by atoms with Gasteiger partial charge in [-0.05, 0) is 36.4 Å². The number of carboxylic acid groups (broad SMARTS) is 1. The average Bonchev–Trinajstić information content (AvgIpc) is 2.34. The summed E-state index contributed by atoms with van der Waals surface area (Å²) in [6, 6.07) is 7.75. The van der Waals surface area contributed by atoms with Crippen LogP contribution < -0.4 is 10.5 Å². The SMILES string of the molecule is Nc1cc(Cl)c(Oc2ccc(F)cc2)c(C(=O)O)c1. The van der Waals surface area contributed by atoms with E-state index in [1.165, 1.54) is 36.4 Å². The average molecular weight is 282 g/mol. The molecule has 0 fully saturated rings. The van der Waals surface area contributed by atoms with Gasteiger partial charge >= 0.3 is 5.97 Å². The molecule has 0 heterocycles. The molecule has 0 amide bonds. The van der Waals surface area contributed by atoms with E-state index in [0.717, 1.165) is 0 Å². The summed E-state index contributed by atoms with van der Waals surface area (Å²) in [5.41, 5.74) is 5.58. The van der Waals surface area contributed by atoms with Crippen LogP contribution in [0.5, 0.6) is 11.5 Å². The Bertz CT molecular complexity index is 629. The number of rotatable bonds is 3. The molecule has 0 aliphatic rings. The molecule has 98 valence electrons. The van der Waals surface area contributed by atoms with Gasteiger partial charge in [0.05, 0.1) is 5.02 Å². The number of halogens is 2. The van der Waals surface area contributed by atoms with E-state index >= 15 is 0 Å². The standard InChI is InChI=1S/C13H9ClFNO3/c14-11-6-8(16)5-10(13(17)18)12(11)19-9-3-1-7(15)2-4-9/h1-6H,16H2,(H,17,18). The van der Waals surface area contributed by atoms with E-state index in [1.807, 2.05) is 0 Å². The van der Waals surface area contributed by atoms with Crippen LogP contribution in [0.3, 0.4) is 0 Å². The summed E-state index contributed by atoms with van der Waals surface area (Å²) >= 11 is 5.92. The number of carboxylic acids is 1. The van der Waals surface area contributed by atoms with E-state index in [1.54, 1.807) is 0 Å². The normalized spacial score (nSPS) is 10.2. The highest BCUT2D eigenvalue weighted by Crippen LogP contribution is 2.35. The van der Waals surface area contributed by atoms with Gasteiger partial charge in [-0.15, -0.1) is 0 Å². The van der Waals surface area contributed by atoms with Gasteiger partial charge in [0.1, 0.15) is 17.1 Å². The molecular weight excluding hydrogens is 273 g/mol. The minimum Gasteiger partial charge on any atom is -0.478 e. The van der Waals surface area contributed by atoms with Crippen LogP contribution in [-0.2, 0) is 0 Å². The zero-order valence-corrected chi connectivity index (χ0v) is 10.3. The second-order valence-electron chi connectivity index (χ2n) is 3.74. The molecule has 3 N–H and O–H groups in total. The van der Waals surface area contributed by atoms with E-state index in [2.05, 4.69) is 0 Å². The molecule has 2 aromatic carbocycles. The van der Waals surface area contributed by atoms with Gasteiger partial charge in [0, 0.05) is 5.69 Å². The lowest BCUT2D eigenvalue weighted by molar-refractivity contribution is 0.0694. The number of anilines is 1. The van der Waals surface area contributed by atoms with Crippen molar-refractivity contribution in [3.63, 3.8) is 0 Å². The smallest absolute Gasteiger partial charge is 0.339 e. The molecule has 0 aromatic heterocycles. The van der Waals surface area contributed by atoms with Crippen molar-refractivity contribution in [3.05, 3.63) is 52.8 Å². The largest absolute Gasteiger partial charge is 0.478 e. The number of carbonyl (C=O) groups is 1. The first-order valence-electron chi connectivity index (χ1n) is 5.23. The fraction of sp³-hybridized carbons (Fsp3) is 0. The van der Waals surface area contributed by atoms with Crippen LogP contribution in [0.2, 0.25) is 5.02 Å². The van der Waals surface area contributed by atoms with Crippen LogP contribution >= 0.6 is 11.6 Å². The van der Waals surface area contributed by atoms with Gasteiger partial charge < -0.3 is 15.6 Å². The summed E-state index contributed by atoms with van der Waals surface area (Å²) in [7, 11) is 0. The first-order valence-corrected chi connectivity index (χ1v) is 5.61. The highest BCUT2D eigenvalue weighted by atomic mass is 35.5. The quantitative estimate of drug-likeness (QED) is 0.844. The van der Waals surface area contributed by atoms with E-state index in [0.29, 0.717) is 0 Å². The molecule has 0 unspecified atom stereocenters. The summed E-state index contributed by atoms with van der Waals surface area (Å²) in [5.74, 6) is -1.40. The molecule has 0 radical (unpaired) electrons. The lowest BCUT2D eigenvalue weighted by Crippen LogP contribution is -2.02. The second kappa shape index (κ2) is 5.16. The van der Waals surface area contributed by atoms with Crippen LogP contribution in [0.25, 0.3) is 0 Å².